The highest BCUT2D eigenvalue weighted by Crippen LogP contribution is 2.24. The lowest BCUT2D eigenvalue weighted by molar-refractivity contribution is 0.112. The average Bonchev–Trinajstić information content (AvgIpc) is 2.27. The van der Waals surface area contributed by atoms with E-state index in [2.05, 4.69) is 4.98 Å². The van der Waals surface area contributed by atoms with Crippen LogP contribution >= 0.6 is 0 Å². The van der Waals surface area contributed by atoms with E-state index in [1.165, 1.54) is 0 Å². The lowest BCUT2D eigenvalue weighted by Crippen LogP contribution is -1.90. The van der Waals surface area contributed by atoms with Crippen molar-refractivity contribution in [1.82, 2.24) is 4.98 Å². The number of aromatic nitrogens is 1. The largest absolute Gasteiger partial charge is 0.494 e. The minimum absolute atomic E-state index is 0.633. The third kappa shape index (κ3) is 1.23. The van der Waals surface area contributed by atoms with Crippen molar-refractivity contribution in [1.29, 1.82) is 0 Å². The van der Waals surface area contributed by atoms with Crippen LogP contribution in [0.5, 0.6) is 5.75 Å². The maximum atomic E-state index is 10.8. The van der Waals surface area contributed by atoms with Crippen molar-refractivity contribution < 1.29 is 9.53 Å². The van der Waals surface area contributed by atoms with E-state index >= 15 is 0 Å². The number of nitrogens with zero attached hydrogens (tertiary/aromatic N) is 1. The minimum atomic E-state index is 0.633. The molecule has 14 heavy (non-hydrogen) atoms. The maximum absolute atomic E-state index is 10.8. The number of aldehydes is 1. The van der Waals surface area contributed by atoms with Crippen LogP contribution in [-0.2, 0) is 0 Å². The van der Waals surface area contributed by atoms with Crippen molar-refractivity contribution in [3.8, 4) is 5.75 Å². The first-order valence-corrected chi connectivity index (χ1v) is 4.23. The Balaban J connectivity index is 2.84. The summed E-state index contributed by atoms with van der Waals surface area (Å²) in [5, 5.41) is 0.821. The van der Waals surface area contributed by atoms with Gasteiger partial charge in [0.05, 0.1) is 7.11 Å². The number of rotatable bonds is 2. The van der Waals surface area contributed by atoms with Gasteiger partial charge in [-0.05, 0) is 12.1 Å². The van der Waals surface area contributed by atoms with Crippen LogP contribution in [0.3, 0.4) is 0 Å². The molecule has 1 aromatic carbocycles. The fraction of sp³-hybridized carbons (Fsp3) is 0.0909. The first-order valence-electron chi connectivity index (χ1n) is 4.23. The van der Waals surface area contributed by atoms with Crippen LogP contribution in [-0.4, -0.2) is 18.4 Å². The van der Waals surface area contributed by atoms with Crippen molar-refractivity contribution >= 4 is 17.2 Å². The number of carbonyl (C=O) groups is 1. The van der Waals surface area contributed by atoms with E-state index in [1.54, 1.807) is 19.4 Å². The summed E-state index contributed by atoms with van der Waals surface area (Å²) in [6.07, 6.45) is 2.43. The van der Waals surface area contributed by atoms with E-state index < -0.39 is 0 Å². The van der Waals surface area contributed by atoms with Gasteiger partial charge in [-0.1, -0.05) is 12.1 Å². The van der Waals surface area contributed by atoms with Crippen LogP contribution < -0.4 is 4.74 Å². The Kier molecular flexibility index (Phi) is 2.14. The summed E-state index contributed by atoms with van der Waals surface area (Å²) < 4.78 is 5.15. The number of para-hydroxylation sites is 1. The van der Waals surface area contributed by atoms with Crippen molar-refractivity contribution in [2.45, 2.75) is 0 Å². The monoisotopic (exact) mass is 187 g/mol. The van der Waals surface area contributed by atoms with Crippen LogP contribution in [0.1, 0.15) is 10.4 Å². The van der Waals surface area contributed by atoms with Gasteiger partial charge in [0.15, 0.2) is 6.29 Å². The van der Waals surface area contributed by atoms with Crippen molar-refractivity contribution in [2.24, 2.45) is 0 Å². The summed E-state index contributed by atoms with van der Waals surface area (Å²) in [5.41, 5.74) is 1.36. The molecule has 70 valence electrons. The van der Waals surface area contributed by atoms with Crippen molar-refractivity contribution in [3.63, 3.8) is 0 Å². The fourth-order valence-corrected chi connectivity index (χ4v) is 1.44. The number of ether oxygens (including phenoxy) is 1. The zero-order valence-electron chi connectivity index (χ0n) is 7.73. The summed E-state index contributed by atoms with van der Waals surface area (Å²) in [6.45, 7) is 0. The molecule has 0 aliphatic rings. The number of benzene rings is 1. The second-order valence-electron chi connectivity index (χ2n) is 2.87. The fourth-order valence-electron chi connectivity index (χ4n) is 1.44. The summed E-state index contributed by atoms with van der Waals surface area (Å²) in [7, 11) is 1.59. The Morgan fingerprint density at radius 3 is 2.93 bits per heavy atom. The molecule has 1 heterocycles. The van der Waals surface area contributed by atoms with Gasteiger partial charge in [0.2, 0.25) is 0 Å². The lowest BCUT2D eigenvalue weighted by Gasteiger charge is -2.04. The van der Waals surface area contributed by atoms with Gasteiger partial charge < -0.3 is 4.74 Å². The van der Waals surface area contributed by atoms with E-state index in [0.717, 1.165) is 17.2 Å². The van der Waals surface area contributed by atoms with Crippen LogP contribution in [0.25, 0.3) is 10.9 Å². The predicted octanol–water partition coefficient (Wildman–Crippen LogP) is 2.06. The molecule has 0 aliphatic carbocycles. The molecule has 0 spiro atoms. The quantitative estimate of drug-likeness (QED) is 0.675. The highest BCUT2D eigenvalue weighted by Gasteiger charge is 2.04. The van der Waals surface area contributed by atoms with Crippen LogP contribution in [0.15, 0.2) is 30.5 Å². The van der Waals surface area contributed by atoms with Gasteiger partial charge in [0.25, 0.3) is 0 Å². The Hall–Kier alpha value is -1.90. The van der Waals surface area contributed by atoms with E-state index in [1.807, 2.05) is 18.2 Å². The van der Waals surface area contributed by atoms with Crippen LogP contribution in [0.2, 0.25) is 0 Å². The lowest BCUT2D eigenvalue weighted by atomic mass is 10.1. The second kappa shape index (κ2) is 3.46. The smallest absolute Gasteiger partial charge is 0.150 e. The summed E-state index contributed by atoms with van der Waals surface area (Å²) in [4.78, 5) is 14.9. The van der Waals surface area contributed by atoms with Crippen LogP contribution in [0, 0.1) is 0 Å². The highest BCUT2D eigenvalue weighted by molar-refractivity contribution is 5.98. The Labute approximate surface area is 81.3 Å². The summed E-state index contributed by atoms with van der Waals surface area (Å²) in [5.74, 6) is 0.686. The highest BCUT2D eigenvalue weighted by atomic mass is 16.5. The van der Waals surface area contributed by atoms with Gasteiger partial charge in [0, 0.05) is 17.1 Å². The average molecular weight is 187 g/mol. The predicted molar refractivity (Wildman–Crippen MR) is 53.7 cm³/mol. The molecule has 0 atom stereocenters. The summed E-state index contributed by atoms with van der Waals surface area (Å²) >= 11 is 0. The number of carbonyl (C=O) groups excluding carboxylic acids is 1. The van der Waals surface area contributed by atoms with Crippen LogP contribution in [0.4, 0.5) is 0 Å². The van der Waals surface area contributed by atoms with E-state index in [4.69, 9.17) is 4.74 Å². The molecule has 0 radical (unpaired) electrons. The molecular formula is C11H9NO2. The first kappa shape index (κ1) is 8.69. The van der Waals surface area contributed by atoms with E-state index in [-0.39, 0.29) is 0 Å². The number of pyridine rings is 1. The molecule has 3 nitrogen and oxygen atoms in total. The molecule has 0 N–H and O–H groups in total. The van der Waals surface area contributed by atoms with E-state index in [9.17, 15) is 4.79 Å². The number of methoxy groups -OCH3 is 1. The Morgan fingerprint density at radius 1 is 1.36 bits per heavy atom. The molecule has 1 aromatic heterocycles. The molecule has 0 saturated heterocycles. The van der Waals surface area contributed by atoms with Gasteiger partial charge >= 0.3 is 0 Å². The third-order valence-corrected chi connectivity index (χ3v) is 2.11. The maximum Gasteiger partial charge on any atom is 0.150 e. The minimum Gasteiger partial charge on any atom is -0.494 e. The first-order chi connectivity index (χ1) is 6.86. The number of hydrogen-bond donors (Lipinski definition) is 0. The zero-order valence-corrected chi connectivity index (χ0v) is 7.73. The van der Waals surface area contributed by atoms with Gasteiger partial charge in [-0.15, -0.1) is 0 Å². The normalized spacial score (nSPS) is 10.1. The molecule has 0 bridgehead atoms. The second-order valence-corrected chi connectivity index (χ2v) is 2.87. The molecule has 2 aromatic rings. The Bertz CT molecular complexity index is 480. The number of hydrogen-bond acceptors (Lipinski definition) is 3. The number of fused-ring (bicyclic) bond motifs is 1. The van der Waals surface area contributed by atoms with Gasteiger partial charge in [0.1, 0.15) is 11.3 Å². The molecule has 0 amide bonds. The third-order valence-electron chi connectivity index (χ3n) is 2.11. The molecule has 0 fully saturated rings. The molecule has 3 heteroatoms. The SMILES string of the molecule is COc1cccc2c(C=O)ccnc12. The Morgan fingerprint density at radius 2 is 2.21 bits per heavy atom. The molecule has 2 rings (SSSR count). The topological polar surface area (TPSA) is 39.2 Å². The molecule has 0 aliphatic heterocycles. The van der Waals surface area contributed by atoms with Crippen molar-refractivity contribution in [3.05, 3.63) is 36.0 Å². The van der Waals surface area contributed by atoms with Crippen molar-refractivity contribution in [2.75, 3.05) is 7.11 Å². The zero-order chi connectivity index (χ0) is 9.97. The summed E-state index contributed by atoms with van der Waals surface area (Å²) in [6, 6.07) is 7.21. The van der Waals surface area contributed by atoms with Gasteiger partial charge in [-0.2, -0.15) is 0 Å². The molecule has 0 saturated carbocycles. The van der Waals surface area contributed by atoms with Gasteiger partial charge in [-0.25, -0.2) is 0 Å². The molecule has 0 unspecified atom stereocenters. The molecular weight excluding hydrogens is 178 g/mol. The van der Waals surface area contributed by atoms with Gasteiger partial charge in [-0.3, -0.25) is 9.78 Å². The van der Waals surface area contributed by atoms with E-state index in [0.29, 0.717) is 11.3 Å². The standard InChI is InChI=1S/C11H9NO2/c1-14-10-4-2-3-9-8(7-13)5-6-12-11(9)10/h2-7H,1H3.